The highest BCUT2D eigenvalue weighted by Crippen LogP contribution is 2.26. The molecule has 0 fully saturated rings. The molecule has 4 aromatic heterocycles. The molecule has 0 saturated carbocycles. The van der Waals surface area contributed by atoms with Gasteiger partial charge >= 0.3 is 0 Å². The van der Waals surface area contributed by atoms with Crippen LogP contribution in [0.3, 0.4) is 0 Å². The van der Waals surface area contributed by atoms with Crippen molar-refractivity contribution in [2.45, 2.75) is 26.7 Å². The summed E-state index contributed by atoms with van der Waals surface area (Å²) in [6, 6.07) is 13.6. The summed E-state index contributed by atoms with van der Waals surface area (Å²) in [7, 11) is 0. The Labute approximate surface area is 199 Å². The number of ketones is 1. The first-order valence-electron chi connectivity index (χ1n) is 11.0. The van der Waals surface area contributed by atoms with Crippen LogP contribution < -0.4 is 10.9 Å². The standard InChI is InChI=1S/C25H22N6O4/c1-13(2)17-12-21(32)29-25(27-17)31-20(11-18(30-31)19-9-6-10-35-19)28-24(34)23(33)22-14(3)26-16-8-5-4-7-15(16)22/h4-13,26H,1-3H3,(H,28,34)(H,27,29,32). The minimum atomic E-state index is -0.854. The molecule has 4 heterocycles. The average molecular weight is 470 g/mol. The highest BCUT2D eigenvalue weighted by atomic mass is 16.3. The molecule has 35 heavy (non-hydrogen) atoms. The molecule has 5 aromatic rings. The molecular formula is C25H22N6O4. The predicted molar refractivity (Wildman–Crippen MR) is 130 cm³/mol. The number of nitrogens with one attached hydrogen (secondary N) is 3. The highest BCUT2D eigenvalue weighted by molar-refractivity contribution is 6.48. The summed E-state index contributed by atoms with van der Waals surface area (Å²) >= 11 is 0. The lowest BCUT2D eigenvalue weighted by atomic mass is 10.1. The van der Waals surface area contributed by atoms with Gasteiger partial charge in [-0.15, -0.1) is 0 Å². The van der Waals surface area contributed by atoms with Crippen molar-refractivity contribution >= 4 is 28.4 Å². The monoisotopic (exact) mass is 470 g/mol. The smallest absolute Gasteiger partial charge is 0.298 e. The number of carbonyl (C=O) groups is 2. The van der Waals surface area contributed by atoms with Crippen LogP contribution in [0.15, 0.2) is 64.0 Å². The van der Waals surface area contributed by atoms with Crippen LogP contribution in [0.5, 0.6) is 0 Å². The second kappa shape index (κ2) is 8.56. The van der Waals surface area contributed by atoms with Crippen LogP contribution >= 0.6 is 0 Å². The van der Waals surface area contributed by atoms with E-state index in [0.29, 0.717) is 33.8 Å². The number of fused-ring (bicyclic) bond motifs is 1. The number of para-hydroxylation sites is 1. The van der Waals surface area contributed by atoms with E-state index in [1.807, 2.05) is 26.0 Å². The van der Waals surface area contributed by atoms with Gasteiger partial charge in [-0.2, -0.15) is 9.78 Å². The van der Waals surface area contributed by atoms with Crippen molar-refractivity contribution < 1.29 is 14.0 Å². The van der Waals surface area contributed by atoms with Gasteiger partial charge in [-0.05, 0) is 31.0 Å². The number of aromatic nitrogens is 5. The SMILES string of the molecule is Cc1[nH]c2ccccc2c1C(=O)C(=O)Nc1cc(-c2ccco2)nn1-c1nc(C(C)C)cc(=O)[nH]1. The van der Waals surface area contributed by atoms with E-state index in [1.54, 1.807) is 37.3 Å². The van der Waals surface area contributed by atoms with E-state index in [1.165, 1.54) is 17.0 Å². The highest BCUT2D eigenvalue weighted by Gasteiger charge is 2.25. The molecule has 10 heteroatoms. The van der Waals surface area contributed by atoms with Crippen LogP contribution in [-0.2, 0) is 4.79 Å². The number of amides is 1. The molecule has 5 rings (SSSR count). The Bertz CT molecular complexity index is 1620. The molecule has 0 aliphatic heterocycles. The number of aromatic amines is 2. The van der Waals surface area contributed by atoms with E-state index in [2.05, 4.69) is 25.4 Å². The number of aryl methyl sites for hydroxylation is 1. The maximum absolute atomic E-state index is 13.2. The van der Waals surface area contributed by atoms with Crippen LogP contribution in [0.4, 0.5) is 5.82 Å². The quantitative estimate of drug-likeness (QED) is 0.254. The number of hydrogen-bond donors (Lipinski definition) is 3. The van der Waals surface area contributed by atoms with Crippen molar-refractivity contribution in [3.05, 3.63) is 82.1 Å². The number of benzene rings is 1. The minimum absolute atomic E-state index is 0.0133. The van der Waals surface area contributed by atoms with Gasteiger partial charge in [-0.1, -0.05) is 32.0 Å². The summed E-state index contributed by atoms with van der Waals surface area (Å²) in [5.41, 5.74) is 2.23. The minimum Gasteiger partial charge on any atom is -0.463 e. The predicted octanol–water partition coefficient (Wildman–Crippen LogP) is 3.95. The third kappa shape index (κ3) is 4.05. The summed E-state index contributed by atoms with van der Waals surface area (Å²) < 4.78 is 6.71. The fourth-order valence-corrected chi connectivity index (χ4v) is 3.89. The van der Waals surface area contributed by atoms with Gasteiger partial charge in [-0.3, -0.25) is 19.4 Å². The topological polar surface area (TPSA) is 139 Å². The molecule has 1 amide bonds. The second-order valence-electron chi connectivity index (χ2n) is 8.41. The van der Waals surface area contributed by atoms with E-state index in [4.69, 9.17) is 4.42 Å². The van der Waals surface area contributed by atoms with Crippen molar-refractivity contribution in [1.82, 2.24) is 24.7 Å². The molecule has 0 aliphatic carbocycles. The van der Waals surface area contributed by atoms with Gasteiger partial charge in [0, 0.05) is 28.7 Å². The molecule has 0 spiro atoms. The maximum atomic E-state index is 13.2. The number of furan rings is 1. The van der Waals surface area contributed by atoms with E-state index in [9.17, 15) is 14.4 Å². The molecule has 10 nitrogen and oxygen atoms in total. The zero-order valence-electron chi connectivity index (χ0n) is 19.2. The lowest BCUT2D eigenvalue weighted by molar-refractivity contribution is -0.112. The van der Waals surface area contributed by atoms with E-state index < -0.39 is 11.7 Å². The largest absolute Gasteiger partial charge is 0.463 e. The van der Waals surface area contributed by atoms with Gasteiger partial charge < -0.3 is 14.7 Å². The second-order valence-corrected chi connectivity index (χ2v) is 8.41. The van der Waals surface area contributed by atoms with Crippen LogP contribution in [-0.4, -0.2) is 36.4 Å². The third-order valence-corrected chi connectivity index (χ3v) is 5.59. The molecule has 0 aliphatic rings. The molecule has 176 valence electrons. The zero-order valence-corrected chi connectivity index (χ0v) is 19.2. The number of Topliss-reactive ketones (excluding diaryl/α,β-unsaturated/α-hetero) is 1. The first-order chi connectivity index (χ1) is 16.8. The molecule has 0 bridgehead atoms. The number of hydrogen-bond acceptors (Lipinski definition) is 6. The zero-order chi connectivity index (χ0) is 24.7. The molecule has 0 unspecified atom stereocenters. The molecule has 0 saturated heterocycles. The Kier molecular flexibility index (Phi) is 5.40. The molecule has 3 N–H and O–H groups in total. The van der Waals surface area contributed by atoms with Gasteiger partial charge in [0.05, 0.1) is 17.5 Å². The fraction of sp³-hybridized carbons (Fsp3) is 0.160. The Morgan fingerprint density at radius 3 is 2.63 bits per heavy atom. The Morgan fingerprint density at radius 2 is 1.89 bits per heavy atom. The van der Waals surface area contributed by atoms with Gasteiger partial charge in [0.15, 0.2) is 5.76 Å². The van der Waals surface area contributed by atoms with Gasteiger partial charge in [0.25, 0.3) is 17.2 Å². The van der Waals surface area contributed by atoms with Crippen molar-refractivity contribution in [1.29, 1.82) is 0 Å². The number of H-pyrrole nitrogens is 2. The van der Waals surface area contributed by atoms with Crippen LogP contribution in [0, 0.1) is 6.92 Å². The Balaban J connectivity index is 1.56. The van der Waals surface area contributed by atoms with Crippen molar-refractivity contribution in [3.8, 4) is 17.4 Å². The van der Waals surface area contributed by atoms with Crippen molar-refractivity contribution in [3.63, 3.8) is 0 Å². The normalized spacial score (nSPS) is 11.3. The summed E-state index contributed by atoms with van der Waals surface area (Å²) in [5, 5.41) is 7.76. The first kappa shape index (κ1) is 22.1. The number of nitrogens with zero attached hydrogens (tertiary/aromatic N) is 3. The maximum Gasteiger partial charge on any atom is 0.298 e. The van der Waals surface area contributed by atoms with E-state index in [0.717, 1.165) is 5.52 Å². The first-order valence-corrected chi connectivity index (χ1v) is 11.0. The van der Waals surface area contributed by atoms with Crippen molar-refractivity contribution in [2.24, 2.45) is 0 Å². The van der Waals surface area contributed by atoms with Gasteiger partial charge in [-0.25, -0.2) is 4.98 Å². The van der Waals surface area contributed by atoms with Crippen molar-refractivity contribution in [2.75, 3.05) is 5.32 Å². The molecule has 0 radical (unpaired) electrons. The molecule has 0 atom stereocenters. The van der Waals surface area contributed by atoms with Gasteiger partial charge in [0.1, 0.15) is 11.5 Å². The summed E-state index contributed by atoms with van der Waals surface area (Å²) in [4.78, 5) is 48.8. The molecule has 1 aromatic carbocycles. The van der Waals surface area contributed by atoms with Crippen LogP contribution in [0.2, 0.25) is 0 Å². The number of carbonyl (C=O) groups excluding carboxylic acids is 2. The molecular weight excluding hydrogens is 448 g/mol. The van der Waals surface area contributed by atoms with Crippen LogP contribution in [0.1, 0.15) is 41.5 Å². The van der Waals surface area contributed by atoms with E-state index in [-0.39, 0.29) is 23.2 Å². The lowest BCUT2D eigenvalue weighted by Crippen LogP contribution is -2.25. The fourth-order valence-electron chi connectivity index (χ4n) is 3.89. The lowest BCUT2D eigenvalue weighted by Gasteiger charge is -2.10. The number of rotatable bonds is 6. The summed E-state index contributed by atoms with van der Waals surface area (Å²) in [5.74, 6) is -0.876. The van der Waals surface area contributed by atoms with Crippen LogP contribution in [0.25, 0.3) is 28.3 Å². The average Bonchev–Trinajstić information content (AvgIpc) is 3.56. The number of anilines is 1. The summed E-state index contributed by atoms with van der Waals surface area (Å²) in [6.45, 7) is 5.56. The Hall–Kier alpha value is -4.73. The van der Waals surface area contributed by atoms with E-state index >= 15 is 0 Å². The Morgan fingerprint density at radius 1 is 1.09 bits per heavy atom. The van der Waals surface area contributed by atoms with Gasteiger partial charge in [0.2, 0.25) is 5.95 Å². The third-order valence-electron chi connectivity index (χ3n) is 5.59. The summed E-state index contributed by atoms with van der Waals surface area (Å²) in [6.07, 6.45) is 1.50.